The van der Waals surface area contributed by atoms with Gasteiger partial charge < -0.3 is 15.2 Å². The molecule has 0 fully saturated rings. The molecule has 5 nitrogen and oxygen atoms in total. The number of aliphatic carboxylic acids is 1. The summed E-state index contributed by atoms with van der Waals surface area (Å²) in [7, 11) is 0. The minimum Gasteiger partial charge on any atom is -0.481 e. The van der Waals surface area contributed by atoms with Gasteiger partial charge in [0.1, 0.15) is 5.75 Å². The fourth-order valence-electron chi connectivity index (χ4n) is 1.45. The minimum atomic E-state index is -0.955. The van der Waals surface area contributed by atoms with Gasteiger partial charge in [0, 0.05) is 11.1 Å². The van der Waals surface area contributed by atoms with Crippen molar-refractivity contribution in [3.8, 4) is 5.75 Å². The van der Waals surface area contributed by atoms with E-state index in [0.29, 0.717) is 10.8 Å². The smallest absolute Gasteiger partial charge is 0.308 e. The minimum absolute atomic E-state index is 0.361. The third kappa shape index (κ3) is 4.74. The molecule has 110 valence electrons. The molecule has 1 aromatic rings. The third-order valence-electron chi connectivity index (χ3n) is 3.01. The van der Waals surface area contributed by atoms with E-state index in [4.69, 9.17) is 21.4 Å². The molecule has 0 aromatic heterocycles. The van der Waals surface area contributed by atoms with E-state index in [1.54, 1.807) is 38.1 Å². The summed E-state index contributed by atoms with van der Waals surface area (Å²) in [5.74, 6) is -1.46. The Morgan fingerprint density at radius 3 is 2.25 bits per heavy atom. The van der Waals surface area contributed by atoms with Crippen molar-refractivity contribution in [3.63, 3.8) is 0 Å². The molecule has 0 spiro atoms. The standard InChI is InChI=1S/C14H18ClNO4/c1-8(14(18)19)9(2)16-13(17)10(3)20-12-6-4-11(15)5-7-12/h4-10H,1-3H3,(H,16,17)(H,18,19). The summed E-state index contributed by atoms with van der Waals surface area (Å²) >= 11 is 5.75. The molecule has 2 N–H and O–H groups in total. The maximum absolute atomic E-state index is 11.9. The zero-order valence-corrected chi connectivity index (χ0v) is 12.3. The van der Waals surface area contributed by atoms with E-state index in [1.165, 1.54) is 6.92 Å². The molecule has 0 aliphatic heterocycles. The van der Waals surface area contributed by atoms with Gasteiger partial charge in [-0.05, 0) is 45.0 Å². The Bertz CT molecular complexity index is 475. The van der Waals surface area contributed by atoms with Gasteiger partial charge in [0.05, 0.1) is 5.92 Å². The number of carbonyl (C=O) groups excluding carboxylic acids is 1. The van der Waals surface area contributed by atoms with Crippen LogP contribution in [0.15, 0.2) is 24.3 Å². The first-order valence-corrected chi connectivity index (χ1v) is 6.64. The lowest BCUT2D eigenvalue weighted by Gasteiger charge is -2.21. The van der Waals surface area contributed by atoms with E-state index in [-0.39, 0.29) is 5.91 Å². The zero-order chi connectivity index (χ0) is 15.3. The van der Waals surface area contributed by atoms with Crippen LogP contribution in [0.1, 0.15) is 20.8 Å². The SMILES string of the molecule is CC(Oc1ccc(Cl)cc1)C(=O)NC(C)C(C)C(=O)O. The van der Waals surface area contributed by atoms with E-state index in [1.807, 2.05) is 0 Å². The first-order valence-electron chi connectivity index (χ1n) is 6.26. The number of carboxylic acids is 1. The molecule has 1 rings (SSSR count). The Balaban J connectivity index is 2.54. The van der Waals surface area contributed by atoms with Crippen LogP contribution < -0.4 is 10.1 Å². The van der Waals surface area contributed by atoms with E-state index < -0.39 is 24.0 Å². The Hall–Kier alpha value is -1.75. The second-order valence-corrected chi connectivity index (χ2v) is 5.07. The maximum atomic E-state index is 11.9. The molecule has 1 amide bonds. The van der Waals surface area contributed by atoms with Crippen LogP contribution in [0.4, 0.5) is 0 Å². The van der Waals surface area contributed by atoms with E-state index >= 15 is 0 Å². The summed E-state index contributed by atoms with van der Waals surface area (Å²) < 4.78 is 5.45. The van der Waals surface area contributed by atoms with Gasteiger partial charge in [0.2, 0.25) is 0 Å². The lowest BCUT2D eigenvalue weighted by atomic mass is 10.0. The summed E-state index contributed by atoms with van der Waals surface area (Å²) in [5, 5.41) is 12.1. The third-order valence-corrected chi connectivity index (χ3v) is 3.26. The quantitative estimate of drug-likeness (QED) is 0.845. The zero-order valence-electron chi connectivity index (χ0n) is 11.6. The van der Waals surface area contributed by atoms with Crippen LogP contribution in [0.25, 0.3) is 0 Å². The number of amides is 1. The number of halogens is 1. The van der Waals surface area contributed by atoms with E-state index in [0.717, 1.165) is 0 Å². The van der Waals surface area contributed by atoms with Gasteiger partial charge in [0.25, 0.3) is 5.91 Å². The predicted octanol–water partition coefficient (Wildman–Crippen LogP) is 2.33. The summed E-state index contributed by atoms with van der Waals surface area (Å²) in [6.45, 7) is 4.78. The van der Waals surface area contributed by atoms with Crippen LogP contribution in [0.2, 0.25) is 5.02 Å². The van der Waals surface area contributed by atoms with Crippen LogP contribution in [0.3, 0.4) is 0 Å². The highest BCUT2D eigenvalue weighted by molar-refractivity contribution is 6.30. The fourth-order valence-corrected chi connectivity index (χ4v) is 1.58. The number of hydrogen-bond acceptors (Lipinski definition) is 3. The predicted molar refractivity (Wildman–Crippen MR) is 75.9 cm³/mol. The summed E-state index contributed by atoms with van der Waals surface area (Å²) in [5.41, 5.74) is 0. The highest BCUT2D eigenvalue weighted by Crippen LogP contribution is 2.17. The molecule has 0 aliphatic rings. The van der Waals surface area contributed by atoms with Gasteiger partial charge in [0.15, 0.2) is 6.10 Å². The number of nitrogens with one attached hydrogen (secondary N) is 1. The van der Waals surface area contributed by atoms with Crippen molar-refractivity contribution in [1.82, 2.24) is 5.32 Å². The van der Waals surface area contributed by atoms with Crippen LogP contribution in [-0.4, -0.2) is 29.1 Å². The molecule has 3 unspecified atom stereocenters. The van der Waals surface area contributed by atoms with Gasteiger partial charge in [-0.15, -0.1) is 0 Å². The second kappa shape index (κ2) is 7.14. The molecule has 0 aliphatic carbocycles. The average molecular weight is 300 g/mol. The molecule has 0 bridgehead atoms. The molecule has 0 saturated heterocycles. The number of carboxylic acid groups (broad SMARTS) is 1. The Morgan fingerprint density at radius 2 is 1.75 bits per heavy atom. The van der Waals surface area contributed by atoms with Gasteiger partial charge in [-0.3, -0.25) is 9.59 Å². The topological polar surface area (TPSA) is 75.6 Å². The second-order valence-electron chi connectivity index (χ2n) is 4.64. The van der Waals surface area contributed by atoms with Gasteiger partial charge >= 0.3 is 5.97 Å². The van der Waals surface area contributed by atoms with Crippen LogP contribution in [-0.2, 0) is 9.59 Å². The first kappa shape index (κ1) is 16.3. The number of benzene rings is 1. The monoisotopic (exact) mass is 299 g/mol. The maximum Gasteiger partial charge on any atom is 0.308 e. The largest absolute Gasteiger partial charge is 0.481 e. The fraction of sp³-hybridized carbons (Fsp3) is 0.429. The van der Waals surface area contributed by atoms with E-state index in [9.17, 15) is 9.59 Å². The lowest BCUT2D eigenvalue weighted by molar-refractivity contribution is -0.142. The number of carbonyl (C=O) groups is 2. The highest BCUT2D eigenvalue weighted by Gasteiger charge is 2.23. The molecule has 6 heteroatoms. The molecule has 0 radical (unpaired) electrons. The van der Waals surface area contributed by atoms with Crippen molar-refractivity contribution in [2.75, 3.05) is 0 Å². The summed E-state index contributed by atoms with van der Waals surface area (Å²) in [6.07, 6.45) is -0.723. The van der Waals surface area contributed by atoms with Gasteiger partial charge in [-0.25, -0.2) is 0 Å². The van der Waals surface area contributed by atoms with Crippen molar-refractivity contribution < 1.29 is 19.4 Å². The first-order chi connectivity index (χ1) is 9.31. The Labute approximate surface area is 122 Å². The normalized spacial score (nSPS) is 15.0. The molecule has 20 heavy (non-hydrogen) atoms. The van der Waals surface area contributed by atoms with Gasteiger partial charge in [-0.1, -0.05) is 11.6 Å². The van der Waals surface area contributed by atoms with Crippen molar-refractivity contribution >= 4 is 23.5 Å². The Kier molecular flexibility index (Phi) is 5.82. The van der Waals surface area contributed by atoms with Crippen LogP contribution in [0.5, 0.6) is 5.75 Å². The molecule has 3 atom stereocenters. The molecular weight excluding hydrogens is 282 g/mol. The summed E-state index contributed by atoms with van der Waals surface area (Å²) in [6, 6.07) is 6.18. The molecular formula is C14H18ClNO4. The van der Waals surface area contributed by atoms with Crippen molar-refractivity contribution in [1.29, 1.82) is 0 Å². The van der Waals surface area contributed by atoms with Crippen molar-refractivity contribution in [3.05, 3.63) is 29.3 Å². The van der Waals surface area contributed by atoms with Crippen LogP contribution in [0, 0.1) is 5.92 Å². The summed E-state index contributed by atoms with van der Waals surface area (Å²) in [4.78, 5) is 22.7. The number of hydrogen-bond donors (Lipinski definition) is 2. The highest BCUT2D eigenvalue weighted by atomic mass is 35.5. The van der Waals surface area contributed by atoms with Crippen molar-refractivity contribution in [2.45, 2.75) is 32.9 Å². The lowest BCUT2D eigenvalue weighted by Crippen LogP contribution is -2.45. The van der Waals surface area contributed by atoms with Gasteiger partial charge in [-0.2, -0.15) is 0 Å². The molecule has 1 aromatic carbocycles. The number of rotatable bonds is 6. The Morgan fingerprint density at radius 1 is 1.20 bits per heavy atom. The average Bonchev–Trinajstić information content (AvgIpc) is 2.40. The van der Waals surface area contributed by atoms with Crippen molar-refractivity contribution in [2.24, 2.45) is 5.92 Å². The van der Waals surface area contributed by atoms with E-state index in [2.05, 4.69) is 5.32 Å². The number of ether oxygens (including phenoxy) is 1. The molecule has 0 saturated carbocycles. The van der Waals surface area contributed by atoms with Crippen LogP contribution >= 0.6 is 11.6 Å². The molecule has 0 heterocycles.